The van der Waals surface area contributed by atoms with Gasteiger partial charge in [-0.05, 0) is 36.5 Å². The fraction of sp³-hybridized carbons (Fsp3) is 0.733. The van der Waals surface area contributed by atoms with Gasteiger partial charge in [0, 0.05) is 58.8 Å². The normalized spacial score (nSPS) is 16.8. The van der Waals surface area contributed by atoms with Crippen LogP contribution < -0.4 is 5.32 Å². The van der Waals surface area contributed by atoms with Crippen molar-refractivity contribution >= 4 is 11.9 Å². The first-order valence-electron chi connectivity index (χ1n) is 14.8. The van der Waals surface area contributed by atoms with Gasteiger partial charge in [-0.1, -0.05) is 76.8 Å². The van der Waals surface area contributed by atoms with Gasteiger partial charge in [-0.15, -0.1) is 0 Å². The van der Waals surface area contributed by atoms with Crippen molar-refractivity contribution in [3.05, 3.63) is 35.6 Å². The molecule has 1 aliphatic carbocycles. The minimum Gasteiger partial charge on any atom is -0.340 e. The topological polar surface area (TPSA) is 55.9 Å². The maximum Gasteiger partial charge on any atom is 0.317 e. The molecule has 1 aromatic carbocycles. The van der Waals surface area contributed by atoms with Gasteiger partial charge in [0.15, 0.2) is 0 Å². The number of amides is 3. The number of urea groups is 1. The smallest absolute Gasteiger partial charge is 0.317 e. The molecule has 1 N–H and O–H groups in total. The van der Waals surface area contributed by atoms with E-state index in [0.29, 0.717) is 32.0 Å². The van der Waals surface area contributed by atoms with E-state index in [9.17, 15) is 14.0 Å². The Morgan fingerprint density at radius 3 is 2.35 bits per heavy atom. The standard InChI is InChI=1S/C30H49FN4O2/c1-2-3-4-5-6-9-18-32-30(37)35(25-27-12-15-28(31)16-13-27)24-21-33-19-22-34(23-20-33)29(36)17-14-26-10-7-8-11-26/h12-13,15-16,26H,2-11,14,17-25H2,1H3,(H,32,37). The molecule has 0 atom stereocenters. The number of rotatable bonds is 15. The van der Waals surface area contributed by atoms with Gasteiger partial charge in [0.25, 0.3) is 0 Å². The number of nitrogens with zero attached hydrogens (tertiary/aromatic N) is 3. The van der Waals surface area contributed by atoms with E-state index in [1.54, 1.807) is 12.1 Å². The summed E-state index contributed by atoms with van der Waals surface area (Å²) in [6.45, 7) is 7.97. The Kier molecular flexibility index (Phi) is 13.2. The Morgan fingerprint density at radius 2 is 1.65 bits per heavy atom. The lowest BCUT2D eigenvalue weighted by molar-refractivity contribution is -0.133. The highest BCUT2D eigenvalue weighted by Gasteiger charge is 2.24. The number of benzene rings is 1. The summed E-state index contributed by atoms with van der Waals surface area (Å²) in [4.78, 5) is 31.9. The molecule has 208 valence electrons. The summed E-state index contributed by atoms with van der Waals surface area (Å²) in [7, 11) is 0. The number of piperazine rings is 1. The second-order valence-electron chi connectivity index (χ2n) is 11.0. The quantitative estimate of drug-likeness (QED) is 0.299. The molecule has 2 fully saturated rings. The van der Waals surface area contributed by atoms with Crippen molar-refractivity contribution < 1.29 is 14.0 Å². The lowest BCUT2D eigenvalue weighted by atomic mass is 10.0. The lowest BCUT2D eigenvalue weighted by Crippen LogP contribution is -2.51. The molecule has 1 heterocycles. The summed E-state index contributed by atoms with van der Waals surface area (Å²) in [5.41, 5.74) is 0.925. The van der Waals surface area contributed by atoms with Crippen LogP contribution >= 0.6 is 0 Å². The van der Waals surface area contributed by atoms with Crippen LogP contribution in [-0.4, -0.2) is 72.5 Å². The number of halogens is 1. The summed E-state index contributed by atoms with van der Waals surface area (Å²) in [6.07, 6.45) is 14.1. The van der Waals surface area contributed by atoms with Gasteiger partial charge in [0.1, 0.15) is 5.82 Å². The van der Waals surface area contributed by atoms with E-state index in [-0.39, 0.29) is 11.8 Å². The third kappa shape index (κ3) is 11.0. The summed E-state index contributed by atoms with van der Waals surface area (Å²) in [6, 6.07) is 6.34. The van der Waals surface area contributed by atoms with Crippen LogP contribution in [0.15, 0.2) is 24.3 Å². The molecule has 0 unspecified atom stereocenters. The third-order valence-corrected chi connectivity index (χ3v) is 8.03. The van der Waals surface area contributed by atoms with Gasteiger partial charge >= 0.3 is 6.03 Å². The molecular formula is C30H49FN4O2. The second-order valence-corrected chi connectivity index (χ2v) is 11.0. The molecule has 0 radical (unpaired) electrons. The molecule has 1 saturated heterocycles. The van der Waals surface area contributed by atoms with E-state index < -0.39 is 0 Å². The zero-order chi connectivity index (χ0) is 26.3. The van der Waals surface area contributed by atoms with Crippen molar-refractivity contribution in [1.29, 1.82) is 0 Å². The van der Waals surface area contributed by atoms with Crippen LogP contribution in [0.4, 0.5) is 9.18 Å². The zero-order valence-corrected chi connectivity index (χ0v) is 23.1. The number of carbonyl (C=O) groups is 2. The molecule has 37 heavy (non-hydrogen) atoms. The van der Waals surface area contributed by atoms with E-state index in [4.69, 9.17) is 0 Å². The van der Waals surface area contributed by atoms with E-state index in [1.165, 1.54) is 63.5 Å². The van der Waals surface area contributed by atoms with Crippen LogP contribution in [0.2, 0.25) is 0 Å². The monoisotopic (exact) mass is 516 g/mol. The van der Waals surface area contributed by atoms with Crippen LogP contribution in [0.3, 0.4) is 0 Å². The molecule has 3 amide bonds. The van der Waals surface area contributed by atoms with Crippen LogP contribution in [0, 0.1) is 11.7 Å². The highest BCUT2D eigenvalue weighted by molar-refractivity contribution is 5.76. The molecule has 1 saturated carbocycles. The van der Waals surface area contributed by atoms with Crippen LogP contribution in [0.25, 0.3) is 0 Å². The van der Waals surface area contributed by atoms with E-state index in [0.717, 1.165) is 63.5 Å². The summed E-state index contributed by atoms with van der Waals surface area (Å²) < 4.78 is 13.4. The number of hydrogen-bond acceptors (Lipinski definition) is 3. The van der Waals surface area contributed by atoms with Crippen molar-refractivity contribution in [2.24, 2.45) is 5.92 Å². The highest BCUT2D eigenvalue weighted by Crippen LogP contribution is 2.28. The predicted molar refractivity (Wildman–Crippen MR) is 148 cm³/mol. The number of carbonyl (C=O) groups excluding carboxylic acids is 2. The van der Waals surface area contributed by atoms with Crippen molar-refractivity contribution in [3.63, 3.8) is 0 Å². The van der Waals surface area contributed by atoms with Gasteiger partial charge in [0.2, 0.25) is 5.91 Å². The molecule has 7 heteroatoms. The Bertz CT molecular complexity index is 789. The first-order valence-corrected chi connectivity index (χ1v) is 14.8. The van der Waals surface area contributed by atoms with Crippen LogP contribution in [-0.2, 0) is 11.3 Å². The molecule has 6 nitrogen and oxygen atoms in total. The Hall–Kier alpha value is -2.15. The van der Waals surface area contributed by atoms with Gasteiger partial charge < -0.3 is 15.1 Å². The number of hydrogen-bond donors (Lipinski definition) is 1. The molecule has 0 aromatic heterocycles. The molecule has 3 rings (SSSR count). The first-order chi connectivity index (χ1) is 18.0. The molecule has 2 aliphatic rings. The van der Waals surface area contributed by atoms with Crippen molar-refractivity contribution in [2.75, 3.05) is 45.8 Å². The number of unbranched alkanes of at least 4 members (excludes halogenated alkanes) is 5. The summed E-state index contributed by atoms with van der Waals surface area (Å²) in [5.74, 6) is 0.793. The summed E-state index contributed by atoms with van der Waals surface area (Å²) in [5, 5.41) is 3.09. The van der Waals surface area contributed by atoms with Crippen LogP contribution in [0.1, 0.15) is 89.5 Å². The predicted octanol–water partition coefficient (Wildman–Crippen LogP) is 5.81. The Labute approximate surface area is 223 Å². The minimum atomic E-state index is -0.265. The van der Waals surface area contributed by atoms with Crippen molar-refractivity contribution in [2.45, 2.75) is 90.5 Å². The van der Waals surface area contributed by atoms with Gasteiger partial charge in [0.05, 0.1) is 0 Å². The largest absolute Gasteiger partial charge is 0.340 e. The van der Waals surface area contributed by atoms with Gasteiger partial charge in [-0.2, -0.15) is 0 Å². The second kappa shape index (κ2) is 16.6. The fourth-order valence-electron chi connectivity index (χ4n) is 5.54. The first kappa shape index (κ1) is 29.4. The lowest BCUT2D eigenvalue weighted by Gasteiger charge is -2.36. The van der Waals surface area contributed by atoms with E-state index in [2.05, 4.69) is 17.1 Å². The SMILES string of the molecule is CCCCCCCCNC(=O)N(CCN1CCN(C(=O)CCC2CCCC2)CC1)Cc1ccc(F)cc1. The summed E-state index contributed by atoms with van der Waals surface area (Å²) >= 11 is 0. The number of nitrogens with one attached hydrogen (secondary N) is 1. The van der Waals surface area contributed by atoms with Crippen LogP contribution in [0.5, 0.6) is 0 Å². The maximum atomic E-state index is 13.4. The van der Waals surface area contributed by atoms with E-state index >= 15 is 0 Å². The van der Waals surface area contributed by atoms with E-state index in [1.807, 2.05) is 9.80 Å². The average molecular weight is 517 g/mol. The fourth-order valence-corrected chi connectivity index (χ4v) is 5.54. The van der Waals surface area contributed by atoms with Crippen molar-refractivity contribution in [1.82, 2.24) is 20.0 Å². The van der Waals surface area contributed by atoms with Gasteiger partial charge in [-0.3, -0.25) is 9.69 Å². The molecule has 1 aromatic rings. The molecular weight excluding hydrogens is 467 g/mol. The Morgan fingerprint density at radius 1 is 0.973 bits per heavy atom. The molecule has 1 aliphatic heterocycles. The zero-order valence-electron chi connectivity index (χ0n) is 23.1. The average Bonchev–Trinajstić information content (AvgIpc) is 3.44. The maximum absolute atomic E-state index is 13.4. The minimum absolute atomic E-state index is 0.0568. The highest BCUT2D eigenvalue weighted by atomic mass is 19.1. The molecule has 0 spiro atoms. The van der Waals surface area contributed by atoms with Gasteiger partial charge in [-0.25, -0.2) is 9.18 Å². The Balaban J connectivity index is 1.41. The molecule has 0 bridgehead atoms. The van der Waals surface area contributed by atoms with Crippen molar-refractivity contribution in [3.8, 4) is 0 Å². The third-order valence-electron chi connectivity index (χ3n) is 8.03.